The SMILES string of the molecule is Nc1nccn2c([C@@H]3CC[C@H]4C=CCC(=O)N4C3)nc(-c3ccc([C@@](O)(CO)c4cccc(C(F)(F)F)c4)cc3)c12. The van der Waals surface area contributed by atoms with Crippen molar-refractivity contribution in [2.75, 3.05) is 18.9 Å². The number of imidazole rings is 1. The molecule has 2 aliphatic rings. The van der Waals surface area contributed by atoms with Crippen LogP contribution < -0.4 is 5.73 Å². The fourth-order valence-electron chi connectivity index (χ4n) is 5.91. The number of halogens is 3. The second kappa shape index (κ2) is 10.0. The topological polar surface area (TPSA) is 117 Å². The first-order valence-corrected chi connectivity index (χ1v) is 13.3. The number of anilines is 1. The van der Waals surface area contributed by atoms with Crippen LogP contribution in [-0.4, -0.2) is 54.6 Å². The molecule has 3 atom stereocenters. The zero-order valence-electron chi connectivity index (χ0n) is 21.9. The number of carbonyl (C=O) groups excluding carboxylic acids is 1. The predicted molar refractivity (Wildman–Crippen MR) is 146 cm³/mol. The van der Waals surface area contributed by atoms with Gasteiger partial charge in [-0.1, -0.05) is 48.6 Å². The first kappa shape index (κ1) is 27.0. The molecule has 2 aromatic carbocycles. The van der Waals surface area contributed by atoms with E-state index in [0.29, 0.717) is 29.7 Å². The van der Waals surface area contributed by atoms with Gasteiger partial charge in [0.2, 0.25) is 5.91 Å². The molecule has 6 rings (SSSR count). The lowest BCUT2D eigenvalue weighted by molar-refractivity contribution is -0.138. The van der Waals surface area contributed by atoms with Gasteiger partial charge >= 0.3 is 6.18 Å². The normalized spacial score (nSPS) is 20.7. The zero-order chi connectivity index (χ0) is 28.9. The van der Waals surface area contributed by atoms with Crippen LogP contribution in [0.5, 0.6) is 0 Å². The van der Waals surface area contributed by atoms with Gasteiger partial charge in [0, 0.05) is 36.8 Å². The van der Waals surface area contributed by atoms with E-state index in [-0.39, 0.29) is 34.8 Å². The lowest BCUT2D eigenvalue weighted by Crippen LogP contribution is -2.47. The summed E-state index contributed by atoms with van der Waals surface area (Å²) in [6, 6.07) is 10.8. The van der Waals surface area contributed by atoms with Gasteiger partial charge in [0.15, 0.2) is 0 Å². The maximum atomic E-state index is 13.3. The quantitative estimate of drug-likeness (QED) is 0.313. The molecule has 4 heterocycles. The van der Waals surface area contributed by atoms with Gasteiger partial charge in [-0.15, -0.1) is 0 Å². The Kier molecular flexibility index (Phi) is 6.58. The maximum absolute atomic E-state index is 13.3. The highest BCUT2D eigenvalue weighted by Crippen LogP contribution is 2.38. The van der Waals surface area contributed by atoms with Crippen molar-refractivity contribution in [2.24, 2.45) is 0 Å². The van der Waals surface area contributed by atoms with Gasteiger partial charge in [0.05, 0.1) is 18.2 Å². The second-order valence-electron chi connectivity index (χ2n) is 10.5. The summed E-state index contributed by atoms with van der Waals surface area (Å²) in [6.45, 7) is -0.288. The number of aromatic nitrogens is 3. The minimum Gasteiger partial charge on any atom is -0.393 e. The fourth-order valence-corrected chi connectivity index (χ4v) is 5.91. The average molecular weight is 564 g/mol. The highest BCUT2D eigenvalue weighted by molar-refractivity contribution is 5.85. The fraction of sp³-hybridized carbons (Fsp3) is 0.300. The smallest absolute Gasteiger partial charge is 0.393 e. The Morgan fingerprint density at radius 2 is 1.80 bits per heavy atom. The molecule has 1 saturated heterocycles. The van der Waals surface area contributed by atoms with Crippen molar-refractivity contribution < 1.29 is 28.2 Å². The summed E-state index contributed by atoms with van der Waals surface area (Å²) >= 11 is 0. The summed E-state index contributed by atoms with van der Waals surface area (Å²) in [7, 11) is 0. The van der Waals surface area contributed by atoms with Gasteiger partial charge in [-0.2, -0.15) is 13.2 Å². The van der Waals surface area contributed by atoms with Crippen molar-refractivity contribution >= 4 is 17.2 Å². The third kappa shape index (κ3) is 4.64. The number of carbonyl (C=O) groups is 1. The molecule has 4 aromatic rings. The Balaban J connectivity index is 1.37. The van der Waals surface area contributed by atoms with E-state index in [1.165, 1.54) is 12.1 Å². The predicted octanol–water partition coefficient (Wildman–Crippen LogP) is 4.26. The molecule has 2 aromatic heterocycles. The van der Waals surface area contributed by atoms with E-state index in [4.69, 9.17) is 10.7 Å². The van der Waals surface area contributed by atoms with E-state index < -0.39 is 23.9 Å². The summed E-state index contributed by atoms with van der Waals surface area (Å²) in [6.07, 6.45) is 4.84. The molecule has 11 heteroatoms. The Morgan fingerprint density at radius 3 is 2.54 bits per heavy atom. The summed E-state index contributed by atoms with van der Waals surface area (Å²) in [4.78, 5) is 23.7. The minimum absolute atomic E-state index is 0.0237. The van der Waals surface area contributed by atoms with E-state index in [2.05, 4.69) is 11.1 Å². The van der Waals surface area contributed by atoms with Crippen molar-refractivity contribution in [2.45, 2.75) is 43.0 Å². The lowest BCUT2D eigenvalue weighted by Gasteiger charge is -2.39. The molecule has 1 amide bonds. The van der Waals surface area contributed by atoms with Crippen LogP contribution in [-0.2, 0) is 16.6 Å². The molecule has 4 N–H and O–H groups in total. The van der Waals surface area contributed by atoms with Gasteiger partial charge in [-0.3, -0.25) is 9.20 Å². The van der Waals surface area contributed by atoms with Crippen LogP contribution >= 0.6 is 0 Å². The number of hydrogen-bond donors (Lipinski definition) is 3. The van der Waals surface area contributed by atoms with E-state index in [0.717, 1.165) is 30.8 Å². The number of amides is 1. The van der Waals surface area contributed by atoms with Crippen molar-refractivity contribution in [1.29, 1.82) is 0 Å². The Morgan fingerprint density at radius 1 is 1.05 bits per heavy atom. The van der Waals surface area contributed by atoms with Gasteiger partial charge in [-0.05, 0) is 36.1 Å². The van der Waals surface area contributed by atoms with E-state index in [1.54, 1.807) is 36.7 Å². The molecule has 0 saturated carbocycles. The van der Waals surface area contributed by atoms with E-state index in [9.17, 15) is 28.2 Å². The van der Waals surface area contributed by atoms with Gasteiger partial charge in [0.1, 0.15) is 28.5 Å². The number of aliphatic hydroxyl groups is 2. The Labute approximate surface area is 233 Å². The van der Waals surface area contributed by atoms with E-state index >= 15 is 0 Å². The minimum atomic E-state index is -4.60. The average Bonchev–Trinajstić information content (AvgIpc) is 3.37. The summed E-state index contributed by atoms with van der Waals surface area (Å²) in [5.41, 5.74) is 5.25. The highest BCUT2D eigenvalue weighted by atomic mass is 19.4. The largest absolute Gasteiger partial charge is 0.416 e. The molecule has 0 radical (unpaired) electrons. The van der Waals surface area contributed by atoms with Gasteiger partial charge in [0.25, 0.3) is 0 Å². The van der Waals surface area contributed by atoms with Crippen LogP contribution in [0.25, 0.3) is 16.8 Å². The number of fused-ring (bicyclic) bond motifs is 2. The molecule has 212 valence electrons. The molecule has 8 nitrogen and oxygen atoms in total. The molecule has 0 aliphatic carbocycles. The first-order chi connectivity index (χ1) is 19.6. The highest BCUT2D eigenvalue weighted by Gasteiger charge is 2.37. The maximum Gasteiger partial charge on any atom is 0.416 e. The molecule has 0 bridgehead atoms. The van der Waals surface area contributed by atoms with Gasteiger partial charge in [-0.25, -0.2) is 9.97 Å². The van der Waals surface area contributed by atoms with E-state index in [1.807, 2.05) is 15.4 Å². The molecule has 0 unspecified atom stereocenters. The monoisotopic (exact) mass is 563 g/mol. The lowest BCUT2D eigenvalue weighted by atomic mass is 9.85. The number of benzene rings is 2. The zero-order valence-corrected chi connectivity index (χ0v) is 21.9. The third-order valence-electron chi connectivity index (χ3n) is 8.11. The van der Waals surface area contributed by atoms with Crippen LogP contribution in [0.3, 0.4) is 0 Å². The molecule has 2 aliphatic heterocycles. The molecular formula is C30H28F3N5O3. The van der Waals surface area contributed by atoms with Crippen molar-refractivity contribution in [3.05, 3.63) is 95.6 Å². The summed E-state index contributed by atoms with van der Waals surface area (Å²) < 4.78 is 41.8. The Bertz CT molecular complexity index is 1650. The number of rotatable bonds is 5. The summed E-state index contributed by atoms with van der Waals surface area (Å²) in [5.74, 6) is 1.10. The molecular weight excluding hydrogens is 535 g/mol. The van der Waals surface area contributed by atoms with Crippen molar-refractivity contribution in [1.82, 2.24) is 19.3 Å². The first-order valence-electron chi connectivity index (χ1n) is 13.3. The number of nitrogens with zero attached hydrogens (tertiary/aromatic N) is 4. The van der Waals surface area contributed by atoms with Crippen LogP contribution in [0.2, 0.25) is 0 Å². The van der Waals surface area contributed by atoms with Crippen molar-refractivity contribution in [3.8, 4) is 11.3 Å². The van der Waals surface area contributed by atoms with Crippen LogP contribution in [0, 0.1) is 0 Å². The standard InChI is InChI=1S/C30H28F3N5O3/c31-30(32,33)22-4-1-3-21(15-22)29(41,17-39)20-10-7-18(8-11-20)25-26-27(34)35-13-14-37(26)28(36-25)19-9-12-23-5-2-6-24(40)38(23)16-19/h1-5,7-8,10-11,13-15,19,23,39,41H,6,9,12,16-17H2,(H2,34,35)/t19-,23-,29+/m1/s1. The number of aliphatic hydroxyl groups excluding tert-OH is 1. The number of alkyl halides is 3. The van der Waals surface area contributed by atoms with Crippen LogP contribution in [0.1, 0.15) is 47.7 Å². The summed E-state index contributed by atoms with van der Waals surface area (Å²) in [5, 5.41) is 21.4. The van der Waals surface area contributed by atoms with Crippen LogP contribution in [0.15, 0.2) is 73.1 Å². The molecule has 41 heavy (non-hydrogen) atoms. The second-order valence-corrected chi connectivity index (χ2v) is 10.5. The molecule has 0 spiro atoms. The van der Waals surface area contributed by atoms with Crippen molar-refractivity contribution in [3.63, 3.8) is 0 Å². The number of nitrogens with two attached hydrogens (primary N) is 1. The third-order valence-corrected chi connectivity index (χ3v) is 8.11. The number of nitrogen functional groups attached to an aromatic ring is 1. The van der Waals surface area contributed by atoms with Gasteiger partial charge < -0.3 is 20.8 Å². The molecule has 1 fully saturated rings. The number of hydrogen-bond acceptors (Lipinski definition) is 6. The Hall–Kier alpha value is -4.22. The number of piperidine rings is 1. The van der Waals surface area contributed by atoms with Crippen LogP contribution in [0.4, 0.5) is 19.0 Å².